The summed E-state index contributed by atoms with van der Waals surface area (Å²) < 4.78 is 0. The highest BCUT2D eigenvalue weighted by molar-refractivity contribution is 5.73. The van der Waals surface area contributed by atoms with E-state index in [0.29, 0.717) is 12.6 Å². The van der Waals surface area contributed by atoms with Crippen molar-refractivity contribution in [2.24, 2.45) is 5.92 Å². The van der Waals surface area contributed by atoms with Gasteiger partial charge in [-0.05, 0) is 12.8 Å². The summed E-state index contributed by atoms with van der Waals surface area (Å²) in [5.41, 5.74) is 0. The van der Waals surface area contributed by atoms with Gasteiger partial charge in [-0.2, -0.15) is 0 Å². The molecule has 0 aromatic carbocycles. The van der Waals surface area contributed by atoms with Gasteiger partial charge in [-0.25, -0.2) is 4.79 Å². The highest BCUT2D eigenvalue weighted by Gasteiger charge is 2.32. The Balaban J connectivity index is 1.41. The molecule has 2 bridgehead atoms. The quantitative estimate of drug-likeness (QED) is 0.778. The lowest BCUT2D eigenvalue weighted by Crippen LogP contribution is -2.63. The van der Waals surface area contributed by atoms with E-state index in [2.05, 4.69) is 15.1 Å². The Morgan fingerprint density at radius 3 is 2.59 bits per heavy atom. The van der Waals surface area contributed by atoms with Crippen LogP contribution in [0, 0.1) is 5.92 Å². The summed E-state index contributed by atoms with van der Waals surface area (Å²) in [5, 5.41) is 13.1. The van der Waals surface area contributed by atoms with E-state index in [0.717, 1.165) is 45.4 Å². The van der Waals surface area contributed by atoms with E-state index in [4.69, 9.17) is 0 Å². The molecular weight excluding hydrogens is 280 g/mol. The normalized spacial score (nSPS) is 37.8. The summed E-state index contributed by atoms with van der Waals surface area (Å²) in [5.74, 6) is 0.241. The number of hydrogen-bond acceptors (Lipinski definition) is 4. The van der Waals surface area contributed by atoms with Crippen molar-refractivity contribution in [1.82, 2.24) is 20.0 Å². The molecular formula is C16H30N4O2. The van der Waals surface area contributed by atoms with E-state index < -0.39 is 0 Å². The minimum Gasteiger partial charge on any atom is -0.393 e. The van der Waals surface area contributed by atoms with E-state index in [1.807, 2.05) is 7.05 Å². The van der Waals surface area contributed by atoms with Gasteiger partial charge < -0.3 is 15.3 Å². The number of carbonyl (C=O) groups is 1. The molecule has 22 heavy (non-hydrogen) atoms. The molecule has 3 aliphatic heterocycles. The van der Waals surface area contributed by atoms with Crippen molar-refractivity contribution >= 4 is 6.03 Å². The van der Waals surface area contributed by atoms with E-state index >= 15 is 0 Å². The van der Waals surface area contributed by atoms with Crippen LogP contribution in [0.1, 0.15) is 25.7 Å². The molecule has 0 aromatic heterocycles. The van der Waals surface area contributed by atoms with Gasteiger partial charge in [0.25, 0.3) is 0 Å². The topological polar surface area (TPSA) is 59.1 Å². The minimum atomic E-state index is -0.239. The molecule has 3 saturated heterocycles. The number of rotatable bonds is 4. The fraction of sp³-hybridized carbons (Fsp3) is 0.938. The monoisotopic (exact) mass is 310 g/mol. The fourth-order valence-electron chi connectivity index (χ4n) is 4.09. The van der Waals surface area contributed by atoms with Crippen LogP contribution < -0.4 is 5.32 Å². The standard InChI is InChI=1S/C16H30N4O2/c1-18(11-13-4-2-3-5-15(13)21)16(22)17-10-14-12-19-6-8-20(14)9-7-19/h13-15,21H,2-12H2,1H3,(H,17,22)/t13-,14+,15+/m0/s1. The smallest absolute Gasteiger partial charge is 0.317 e. The van der Waals surface area contributed by atoms with Crippen molar-refractivity contribution in [3.8, 4) is 0 Å². The maximum atomic E-state index is 12.3. The zero-order chi connectivity index (χ0) is 15.5. The van der Waals surface area contributed by atoms with Crippen LogP contribution in [0.15, 0.2) is 0 Å². The Morgan fingerprint density at radius 1 is 1.23 bits per heavy atom. The van der Waals surface area contributed by atoms with Crippen LogP contribution in [0.2, 0.25) is 0 Å². The number of urea groups is 1. The van der Waals surface area contributed by atoms with Crippen molar-refractivity contribution in [3.63, 3.8) is 0 Å². The molecule has 0 unspecified atom stereocenters. The first-order valence-electron chi connectivity index (χ1n) is 8.77. The molecule has 4 aliphatic rings. The number of fused-ring (bicyclic) bond motifs is 3. The predicted octanol–water partition coefficient (Wildman–Crippen LogP) is 0.179. The van der Waals surface area contributed by atoms with Crippen LogP contribution in [-0.2, 0) is 0 Å². The Morgan fingerprint density at radius 2 is 1.95 bits per heavy atom. The molecule has 2 N–H and O–H groups in total. The lowest BCUT2D eigenvalue weighted by Gasteiger charge is -2.47. The van der Waals surface area contributed by atoms with Gasteiger partial charge in [0.15, 0.2) is 0 Å². The molecule has 1 saturated carbocycles. The van der Waals surface area contributed by atoms with Gasteiger partial charge >= 0.3 is 6.03 Å². The van der Waals surface area contributed by atoms with Crippen molar-refractivity contribution in [2.75, 3.05) is 52.9 Å². The van der Waals surface area contributed by atoms with Crippen molar-refractivity contribution in [3.05, 3.63) is 0 Å². The van der Waals surface area contributed by atoms with Gasteiger partial charge in [-0.3, -0.25) is 9.80 Å². The third-order valence-electron chi connectivity index (χ3n) is 5.61. The fourth-order valence-corrected chi connectivity index (χ4v) is 4.09. The molecule has 0 spiro atoms. The second kappa shape index (κ2) is 7.15. The molecule has 6 heteroatoms. The van der Waals surface area contributed by atoms with Gasteiger partial charge in [-0.15, -0.1) is 0 Å². The average Bonchev–Trinajstić information content (AvgIpc) is 2.55. The molecule has 4 rings (SSSR count). The van der Waals surface area contributed by atoms with Crippen LogP contribution in [0.25, 0.3) is 0 Å². The lowest BCUT2D eigenvalue weighted by atomic mass is 9.86. The molecule has 3 atom stereocenters. The maximum absolute atomic E-state index is 12.3. The van der Waals surface area contributed by atoms with Gasteiger partial charge in [0, 0.05) is 64.8 Å². The molecule has 126 valence electrons. The van der Waals surface area contributed by atoms with Crippen LogP contribution in [0.5, 0.6) is 0 Å². The second-order valence-electron chi connectivity index (χ2n) is 7.17. The van der Waals surface area contributed by atoms with Gasteiger partial charge in [-0.1, -0.05) is 12.8 Å². The Labute approximate surface area is 133 Å². The molecule has 6 nitrogen and oxygen atoms in total. The van der Waals surface area contributed by atoms with Crippen molar-refractivity contribution < 1.29 is 9.90 Å². The highest BCUT2D eigenvalue weighted by atomic mass is 16.3. The number of carbonyl (C=O) groups excluding carboxylic acids is 1. The molecule has 4 fully saturated rings. The van der Waals surface area contributed by atoms with Crippen LogP contribution in [0.3, 0.4) is 0 Å². The second-order valence-corrected chi connectivity index (χ2v) is 7.17. The third kappa shape index (κ3) is 3.73. The number of aliphatic hydroxyl groups is 1. The molecule has 0 aromatic rings. The predicted molar refractivity (Wildman–Crippen MR) is 85.8 cm³/mol. The first kappa shape index (κ1) is 16.0. The maximum Gasteiger partial charge on any atom is 0.317 e. The number of amides is 2. The summed E-state index contributed by atoms with van der Waals surface area (Å²) in [6.45, 7) is 7.06. The summed E-state index contributed by atoms with van der Waals surface area (Å²) in [4.78, 5) is 19.0. The largest absolute Gasteiger partial charge is 0.393 e. The Bertz CT molecular complexity index is 384. The minimum absolute atomic E-state index is 0.00424. The highest BCUT2D eigenvalue weighted by Crippen LogP contribution is 2.24. The van der Waals surface area contributed by atoms with Crippen LogP contribution in [-0.4, -0.2) is 90.8 Å². The average molecular weight is 310 g/mol. The molecule has 2 amide bonds. The van der Waals surface area contributed by atoms with Gasteiger partial charge in [0.05, 0.1) is 6.10 Å². The van der Waals surface area contributed by atoms with E-state index in [-0.39, 0.29) is 18.1 Å². The number of hydrogen-bond donors (Lipinski definition) is 2. The Kier molecular flexibility index (Phi) is 5.21. The first-order valence-corrected chi connectivity index (χ1v) is 8.77. The number of piperazine rings is 3. The summed E-state index contributed by atoms with van der Waals surface area (Å²) in [6.07, 6.45) is 3.96. The Hall–Kier alpha value is -0.850. The zero-order valence-corrected chi connectivity index (χ0v) is 13.7. The van der Waals surface area contributed by atoms with Crippen molar-refractivity contribution in [2.45, 2.75) is 37.8 Å². The van der Waals surface area contributed by atoms with E-state index in [1.165, 1.54) is 19.5 Å². The summed E-state index contributed by atoms with van der Waals surface area (Å²) in [7, 11) is 1.84. The molecule has 3 heterocycles. The van der Waals surface area contributed by atoms with Gasteiger partial charge in [0.2, 0.25) is 0 Å². The van der Waals surface area contributed by atoms with Gasteiger partial charge in [0.1, 0.15) is 0 Å². The molecule has 0 radical (unpaired) electrons. The SMILES string of the molecule is CN(C[C@@H]1CCCC[C@H]1O)C(=O)NC[C@@H]1CN2CCN1CC2. The number of nitrogens with one attached hydrogen (secondary N) is 1. The number of nitrogens with zero attached hydrogens (tertiary/aromatic N) is 3. The summed E-state index contributed by atoms with van der Waals surface area (Å²) >= 11 is 0. The first-order chi connectivity index (χ1) is 10.6. The third-order valence-corrected chi connectivity index (χ3v) is 5.61. The lowest BCUT2D eigenvalue weighted by molar-refractivity contribution is 0.0140. The van der Waals surface area contributed by atoms with Crippen LogP contribution in [0.4, 0.5) is 4.79 Å². The van der Waals surface area contributed by atoms with E-state index in [1.54, 1.807) is 4.90 Å². The zero-order valence-electron chi connectivity index (χ0n) is 13.7. The van der Waals surface area contributed by atoms with E-state index in [9.17, 15) is 9.90 Å². The number of aliphatic hydroxyl groups excluding tert-OH is 1. The van der Waals surface area contributed by atoms with Crippen molar-refractivity contribution in [1.29, 1.82) is 0 Å². The summed E-state index contributed by atoms with van der Waals surface area (Å²) in [6, 6.07) is 0.454. The van der Waals surface area contributed by atoms with Crippen LogP contribution >= 0.6 is 0 Å². The molecule has 1 aliphatic carbocycles.